The Kier molecular flexibility index (Phi) is 9.55. The molecule has 0 N–H and O–H groups in total. The molecule has 0 spiro atoms. The van der Waals surface area contributed by atoms with Gasteiger partial charge in [-0.3, -0.25) is 0 Å². The van der Waals surface area contributed by atoms with E-state index in [1.807, 2.05) is 0 Å². The molecule has 2 aromatic heterocycles. The van der Waals surface area contributed by atoms with Crippen LogP contribution in [0.2, 0.25) is 0 Å². The average molecular weight is 1080 g/mol. The second-order valence-corrected chi connectivity index (χ2v) is 25.0. The number of rotatable bonds is 7. The molecule has 3 heterocycles. The maximum atomic E-state index is 5.82. The number of para-hydroxylation sites is 1. The third kappa shape index (κ3) is 5.97. The summed E-state index contributed by atoms with van der Waals surface area (Å²) in [6.45, 7) is 0. The van der Waals surface area contributed by atoms with Crippen LogP contribution in [0.4, 0.5) is 0 Å². The molecule has 0 saturated carbocycles. The molecule has 0 bridgehead atoms. The van der Waals surface area contributed by atoms with E-state index in [4.69, 9.17) is 15.0 Å². The van der Waals surface area contributed by atoms with E-state index in [1.165, 1.54) is 85.0 Å². The number of nitrogens with zero attached hydrogens (tertiary/aromatic N) is 4. The van der Waals surface area contributed by atoms with Gasteiger partial charge in [-0.05, 0) is 0 Å². The molecule has 0 unspecified atom stereocenters. The van der Waals surface area contributed by atoms with E-state index in [1.54, 1.807) is 0 Å². The maximum absolute atomic E-state index is 5.82. The summed E-state index contributed by atoms with van der Waals surface area (Å²) in [5, 5.41) is 2.31. The van der Waals surface area contributed by atoms with Crippen molar-refractivity contribution in [3.05, 3.63) is 328 Å². The predicted molar refractivity (Wildman–Crippen MR) is 316 cm³/mol. The van der Waals surface area contributed by atoms with E-state index in [-0.39, 0.29) is 0 Å². The first-order valence-corrected chi connectivity index (χ1v) is 29.2. The Hall–Kier alpha value is -9.04. The first-order valence-electron chi connectivity index (χ1n) is 26.0. The summed E-state index contributed by atoms with van der Waals surface area (Å²) in [6, 6.07) is 101. The first-order chi connectivity index (χ1) is 37.7. The number of benzene rings is 11. The zero-order valence-electron chi connectivity index (χ0n) is 41.1. The van der Waals surface area contributed by atoms with Gasteiger partial charge in [0.05, 0.1) is 0 Å². The van der Waals surface area contributed by atoms with Crippen LogP contribution in [0.1, 0.15) is 44.5 Å². The third-order valence-electron chi connectivity index (χ3n) is 16.4. The topological polar surface area (TPSA) is 43.6 Å². The quantitative estimate of drug-likeness (QED) is 0.149. The summed E-state index contributed by atoms with van der Waals surface area (Å²) in [6.07, 6.45) is 0. The van der Waals surface area contributed by atoms with Crippen LogP contribution >= 0.6 is 19.8 Å². The zero-order valence-corrected chi connectivity index (χ0v) is 43.3. The molecule has 3 aliphatic rings. The molecular weight excluding hydrogens is 1040 g/mol. The fourth-order valence-corrected chi connectivity index (χ4v) is 19.2. The summed E-state index contributed by atoms with van der Waals surface area (Å²) in [4.78, 5) is 17.0. The molecule has 76 heavy (non-hydrogen) atoms. The molecule has 0 amide bonds. The van der Waals surface area contributed by atoms with Crippen molar-refractivity contribution in [1.29, 1.82) is 0 Å². The van der Waals surface area contributed by atoms with Crippen molar-refractivity contribution in [1.82, 2.24) is 19.5 Å². The molecule has 13 aromatic rings. The summed E-state index contributed by atoms with van der Waals surface area (Å²) in [5.74, 6) is 1.30. The summed E-state index contributed by atoms with van der Waals surface area (Å²) in [7, 11) is 0. The van der Waals surface area contributed by atoms with Gasteiger partial charge in [0.15, 0.2) is 0 Å². The molecule has 16 rings (SSSR count). The summed E-state index contributed by atoms with van der Waals surface area (Å²) >= 11 is -2.68. The molecule has 356 valence electrons. The van der Waals surface area contributed by atoms with Crippen molar-refractivity contribution in [3.63, 3.8) is 0 Å². The number of fused-ring (bicyclic) bond motifs is 12. The fourth-order valence-electron chi connectivity index (χ4n) is 13.3. The molecule has 4 nitrogen and oxygen atoms in total. The summed E-state index contributed by atoms with van der Waals surface area (Å²) in [5.41, 5.74) is 19.7. The predicted octanol–water partition coefficient (Wildman–Crippen LogP) is 16.8. The zero-order chi connectivity index (χ0) is 50.0. The van der Waals surface area contributed by atoms with Gasteiger partial charge in [0.1, 0.15) is 0 Å². The van der Waals surface area contributed by atoms with Crippen LogP contribution in [0.15, 0.2) is 273 Å². The van der Waals surface area contributed by atoms with E-state index in [0.29, 0.717) is 11.8 Å². The number of hydrogen-bond acceptors (Lipinski definition) is 3. The van der Waals surface area contributed by atoms with Crippen LogP contribution in [0.3, 0.4) is 0 Å². The molecule has 0 radical (unpaired) electrons. The van der Waals surface area contributed by atoms with Gasteiger partial charge < -0.3 is 0 Å². The van der Waals surface area contributed by atoms with Crippen molar-refractivity contribution in [2.24, 2.45) is 0 Å². The van der Waals surface area contributed by atoms with Crippen molar-refractivity contribution < 1.29 is 0 Å². The number of hydrogen-bond donors (Lipinski definition) is 0. The van der Waals surface area contributed by atoms with E-state index < -0.39 is 30.6 Å². The van der Waals surface area contributed by atoms with Crippen LogP contribution in [-0.2, 0) is 10.8 Å². The second-order valence-electron chi connectivity index (χ2n) is 20.1. The standard InChI is InChI=1S/C71H45IN4/c1-6-24-46(25-7-1)67-73-68(72-63-40-22-18-36-53(63)57-42-61-55(44-64(57)72)51-34-16-20-38-59(51)70(61,47-26-8-2-9-27-47)48-28-10-3-11-29-48)75-69(74-67)76-65-41-23-19-37-54(65)58-43-62-56(45-66(58)76)52-35-17-21-39-60(52)71(62,49-30-12-4-13-31-49)50-32-14-5-15-33-50/h1-45H. The normalized spacial score (nSPS) is 14.4. The Balaban J connectivity index is 0.961. The van der Waals surface area contributed by atoms with Crippen LogP contribution in [0, 0.1) is 11.0 Å². The average Bonchev–Trinajstić information content (AvgIpc) is 4.39. The van der Waals surface area contributed by atoms with Gasteiger partial charge in [0.25, 0.3) is 0 Å². The Labute approximate surface area is 448 Å². The molecule has 0 atom stereocenters. The fraction of sp³-hybridized carbons (Fsp3) is 0.0282. The van der Waals surface area contributed by atoms with E-state index in [2.05, 4.69) is 278 Å². The van der Waals surface area contributed by atoms with Crippen molar-refractivity contribution in [2.45, 2.75) is 10.8 Å². The Morgan fingerprint density at radius 3 is 1.37 bits per heavy atom. The minimum atomic E-state index is -2.68. The number of halogens is 1. The number of aromatic nitrogens is 4. The van der Waals surface area contributed by atoms with E-state index >= 15 is 0 Å². The van der Waals surface area contributed by atoms with Crippen LogP contribution in [0.25, 0.3) is 72.5 Å². The molecule has 0 saturated heterocycles. The van der Waals surface area contributed by atoms with E-state index in [9.17, 15) is 0 Å². The van der Waals surface area contributed by atoms with Gasteiger partial charge in [0, 0.05) is 0 Å². The summed E-state index contributed by atoms with van der Waals surface area (Å²) < 4.78 is 5.88. The van der Waals surface area contributed by atoms with Crippen molar-refractivity contribution in [2.75, 3.05) is 0 Å². The molecule has 2 aliphatic carbocycles. The minimum absolute atomic E-state index is 0.514. The molecule has 1 aliphatic heterocycles. The Bertz CT molecular complexity index is 4380. The van der Waals surface area contributed by atoms with Crippen LogP contribution < -0.4 is 0 Å². The van der Waals surface area contributed by atoms with Gasteiger partial charge in [0.2, 0.25) is 0 Å². The van der Waals surface area contributed by atoms with Gasteiger partial charge in [-0.2, -0.15) is 0 Å². The second kappa shape index (κ2) is 16.7. The van der Waals surface area contributed by atoms with Crippen molar-refractivity contribution in [3.8, 4) is 50.7 Å². The van der Waals surface area contributed by atoms with Crippen LogP contribution in [0.5, 0.6) is 0 Å². The van der Waals surface area contributed by atoms with Gasteiger partial charge in [-0.15, -0.1) is 0 Å². The SMILES string of the molecule is c1ccc(-c2nc(-n3c4ccccc4c4cc5c(cc43)-c3ccccc3C5(c3ccccc3)c3ccccc3)nc(I3c4ccccc4-c4cc5c(cc43)-c3ccccc3C5(c3ccccc3)c3ccccc3)n2)cc1. The molecule has 0 fully saturated rings. The third-order valence-corrected chi connectivity index (χ3v) is 22.0. The van der Waals surface area contributed by atoms with Crippen molar-refractivity contribution >= 4 is 41.6 Å². The molecule has 5 heteroatoms. The monoisotopic (exact) mass is 1080 g/mol. The molecule has 11 aromatic carbocycles. The van der Waals surface area contributed by atoms with Gasteiger partial charge in [-0.25, -0.2) is 0 Å². The Morgan fingerprint density at radius 1 is 0.303 bits per heavy atom. The Morgan fingerprint density at radius 2 is 0.776 bits per heavy atom. The van der Waals surface area contributed by atoms with E-state index in [0.717, 1.165) is 31.2 Å². The van der Waals surface area contributed by atoms with Crippen LogP contribution in [-0.4, -0.2) is 19.5 Å². The molecular formula is C71H45IN4. The van der Waals surface area contributed by atoms with Gasteiger partial charge >= 0.3 is 439 Å². The van der Waals surface area contributed by atoms with Gasteiger partial charge in [-0.1, -0.05) is 12.1 Å². The first kappa shape index (κ1) is 43.4.